The fourth-order valence-electron chi connectivity index (χ4n) is 2.81. The van der Waals surface area contributed by atoms with Crippen molar-refractivity contribution in [2.45, 2.75) is 26.2 Å². The Morgan fingerprint density at radius 2 is 1.81 bits per heavy atom. The quantitative estimate of drug-likeness (QED) is 0.744. The number of halogens is 1. The van der Waals surface area contributed by atoms with E-state index in [1.165, 1.54) is 31.5 Å². The molecule has 0 spiro atoms. The lowest BCUT2D eigenvalue weighted by molar-refractivity contribution is 0.252. The van der Waals surface area contributed by atoms with Gasteiger partial charge in [-0.05, 0) is 51.0 Å². The number of anilines is 1. The predicted molar refractivity (Wildman–Crippen MR) is 92.5 cm³/mol. The lowest BCUT2D eigenvalue weighted by Gasteiger charge is -2.36. The predicted octanol–water partition coefficient (Wildman–Crippen LogP) is 3.24. The van der Waals surface area contributed by atoms with Gasteiger partial charge in [-0.1, -0.05) is 30.7 Å². The van der Waals surface area contributed by atoms with Crippen molar-refractivity contribution in [1.82, 2.24) is 10.2 Å². The van der Waals surface area contributed by atoms with Crippen LogP contribution in [0.1, 0.15) is 26.2 Å². The molecule has 0 saturated carbocycles. The molecule has 0 aromatic heterocycles. The number of para-hydroxylation sites is 1. The van der Waals surface area contributed by atoms with Gasteiger partial charge in [0.05, 0.1) is 10.7 Å². The Bertz CT molecular complexity index is 403. The fourth-order valence-corrected chi connectivity index (χ4v) is 3.06. The third kappa shape index (κ3) is 5.50. The fraction of sp³-hybridized carbons (Fsp3) is 0.647. The largest absolute Gasteiger partial charge is 0.368 e. The number of benzene rings is 1. The molecule has 1 fully saturated rings. The van der Waals surface area contributed by atoms with E-state index in [0.717, 1.165) is 44.3 Å². The van der Waals surface area contributed by atoms with Gasteiger partial charge in [-0.3, -0.25) is 4.90 Å². The molecule has 1 aliphatic rings. The van der Waals surface area contributed by atoms with E-state index in [0.29, 0.717) is 0 Å². The van der Waals surface area contributed by atoms with Gasteiger partial charge < -0.3 is 10.2 Å². The highest BCUT2D eigenvalue weighted by molar-refractivity contribution is 6.33. The van der Waals surface area contributed by atoms with Crippen LogP contribution in [-0.2, 0) is 0 Å². The van der Waals surface area contributed by atoms with Gasteiger partial charge in [0, 0.05) is 26.2 Å². The van der Waals surface area contributed by atoms with Crippen LogP contribution < -0.4 is 10.2 Å². The number of nitrogens with zero attached hydrogens (tertiary/aromatic N) is 2. The Labute approximate surface area is 134 Å². The molecule has 2 rings (SSSR count). The molecule has 0 unspecified atom stereocenters. The van der Waals surface area contributed by atoms with Gasteiger partial charge in [-0.2, -0.15) is 0 Å². The second-order valence-corrected chi connectivity index (χ2v) is 6.14. The van der Waals surface area contributed by atoms with Gasteiger partial charge in [-0.15, -0.1) is 0 Å². The first kappa shape index (κ1) is 16.6. The zero-order valence-corrected chi connectivity index (χ0v) is 13.9. The van der Waals surface area contributed by atoms with E-state index < -0.39 is 0 Å². The van der Waals surface area contributed by atoms with E-state index >= 15 is 0 Å². The van der Waals surface area contributed by atoms with Crippen LogP contribution in [0.2, 0.25) is 5.02 Å². The number of hydrogen-bond acceptors (Lipinski definition) is 3. The van der Waals surface area contributed by atoms with Crippen LogP contribution in [0.4, 0.5) is 5.69 Å². The second kappa shape index (κ2) is 9.29. The van der Waals surface area contributed by atoms with Crippen molar-refractivity contribution in [2.24, 2.45) is 0 Å². The third-order valence-electron chi connectivity index (χ3n) is 4.07. The Morgan fingerprint density at radius 3 is 2.52 bits per heavy atom. The Kier molecular flexibility index (Phi) is 7.34. The molecule has 0 amide bonds. The molecular formula is C17H28ClN3. The zero-order valence-electron chi connectivity index (χ0n) is 13.2. The van der Waals surface area contributed by atoms with E-state index in [4.69, 9.17) is 11.6 Å². The van der Waals surface area contributed by atoms with E-state index in [9.17, 15) is 0 Å². The van der Waals surface area contributed by atoms with Gasteiger partial charge >= 0.3 is 0 Å². The van der Waals surface area contributed by atoms with Gasteiger partial charge in [0.1, 0.15) is 0 Å². The van der Waals surface area contributed by atoms with Crippen molar-refractivity contribution in [3.63, 3.8) is 0 Å². The van der Waals surface area contributed by atoms with Crippen LogP contribution in [0.3, 0.4) is 0 Å². The van der Waals surface area contributed by atoms with E-state index in [1.54, 1.807) is 0 Å². The molecule has 0 atom stereocenters. The second-order valence-electron chi connectivity index (χ2n) is 5.74. The van der Waals surface area contributed by atoms with Crippen molar-refractivity contribution in [3.8, 4) is 0 Å². The molecule has 21 heavy (non-hydrogen) atoms. The first-order valence-corrected chi connectivity index (χ1v) is 8.61. The first-order chi connectivity index (χ1) is 10.3. The molecule has 0 aliphatic carbocycles. The monoisotopic (exact) mass is 309 g/mol. The SMILES string of the molecule is CCCNCCCCN1CCN(c2ccccc2Cl)CC1. The van der Waals surface area contributed by atoms with Crippen LogP contribution in [-0.4, -0.2) is 50.7 Å². The summed E-state index contributed by atoms with van der Waals surface area (Å²) in [4.78, 5) is 4.98. The number of rotatable bonds is 8. The molecule has 0 radical (unpaired) electrons. The maximum absolute atomic E-state index is 6.28. The van der Waals surface area contributed by atoms with Crippen LogP contribution in [0.15, 0.2) is 24.3 Å². The summed E-state index contributed by atoms with van der Waals surface area (Å²) in [7, 11) is 0. The molecule has 1 heterocycles. The molecule has 4 heteroatoms. The van der Waals surface area contributed by atoms with Crippen LogP contribution in [0.5, 0.6) is 0 Å². The number of nitrogens with one attached hydrogen (secondary N) is 1. The Hall–Kier alpha value is -0.770. The number of unbranched alkanes of at least 4 members (excludes halogenated alkanes) is 1. The molecule has 3 nitrogen and oxygen atoms in total. The molecule has 1 aliphatic heterocycles. The maximum atomic E-state index is 6.28. The molecule has 1 aromatic carbocycles. The topological polar surface area (TPSA) is 18.5 Å². The van der Waals surface area contributed by atoms with Crippen LogP contribution in [0.25, 0.3) is 0 Å². The smallest absolute Gasteiger partial charge is 0.0639 e. The van der Waals surface area contributed by atoms with E-state index in [-0.39, 0.29) is 0 Å². The van der Waals surface area contributed by atoms with E-state index in [1.807, 2.05) is 12.1 Å². The summed E-state index contributed by atoms with van der Waals surface area (Å²) < 4.78 is 0. The number of piperazine rings is 1. The average Bonchev–Trinajstić information content (AvgIpc) is 2.52. The highest BCUT2D eigenvalue weighted by atomic mass is 35.5. The minimum atomic E-state index is 0.868. The Balaban J connectivity index is 1.63. The first-order valence-electron chi connectivity index (χ1n) is 8.24. The van der Waals surface area contributed by atoms with Gasteiger partial charge in [0.25, 0.3) is 0 Å². The highest BCUT2D eigenvalue weighted by Gasteiger charge is 2.17. The molecular weight excluding hydrogens is 282 g/mol. The van der Waals surface area contributed by atoms with Crippen molar-refractivity contribution in [3.05, 3.63) is 29.3 Å². The number of hydrogen-bond donors (Lipinski definition) is 1. The summed E-state index contributed by atoms with van der Waals surface area (Å²) in [6, 6.07) is 8.16. The summed E-state index contributed by atoms with van der Waals surface area (Å²) in [5, 5.41) is 4.33. The highest BCUT2D eigenvalue weighted by Crippen LogP contribution is 2.25. The maximum Gasteiger partial charge on any atom is 0.0639 e. The minimum Gasteiger partial charge on any atom is -0.368 e. The lowest BCUT2D eigenvalue weighted by Crippen LogP contribution is -2.46. The lowest BCUT2D eigenvalue weighted by atomic mass is 10.2. The summed E-state index contributed by atoms with van der Waals surface area (Å²) in [6.07, 6.45) is 3.80. The molecule has 1 N–H and O–H groups in total. The van der Waals surface area contributed by atoms with Crippen molar-refractivity contribution in [1.29, 1.82) is 0 Å². The van der Waals surface area contributed by atoms with Crippen molar-refractivity contribution >= 4 is 17.3 Å². The minimum absolute atomic E-state index is 0.868. The molecule has 118 valence electrons. The molecule has 0 bridgehead atoms. The van der Waals surface area contributed by atoms with Crippen molar-refractivity contribution < 1.29 is 0 Å². The van der Waals surface area contributed by atoms with Crippen LogP contribution in [0, 0.1) is 0 Å². The summed E-state index contributed by atoms with van der Waals surface area (Å²) in [5.41, 5.74) is 1.18. The summed E-state index contributed by atoms with van der Waals surface area (Å²) >= 11 is 6.28. The van der Waals surface area contributed by atoms with Gasteiger partial charge in [-0.25, -0.2) is 0 Å². The van der Waals surface area contributed by atoms with Gasteiger partial charge in [0.15, 0.2) is 0 Å². The molecule has 1 aromatic rings. The standard InChI is InChI=1S/C17H28ClN3/c1-2-9-19-10-5-6-11-20-12-14-21(15-13-20)17-8-4-3-7-16(17)18/h3-4,7-8,19H,2,5-6,9-15H2,1H3. The van der Waals surface area contributed by atoms with Crippen LogP contribution >= 0.6 is 11.6 Å². The zero-order chi connectivity index (χ0) is 14.9. The van der Waals surface area contributed by atoms with E-state index in [2.05, 4.69) is 34.2 Å². The summed E-state index contributed by atoms with van der Waals surface area (Å²) in [6.45, 7) is 10.2. The van der Waals surface area contributed by atoms with Gasteiger partial charge in [0.2, 0.25) is 0 Å². The molecule has 1 saturated heterocycles. The average molecular weight is 310 g/mol. The Morgan fingerprint density at radius 1 is 1.05 bits per heavy atom. The normalized spacial score (nSPS) is 16.4. The third-order valence-corrected chi connectivity index (χ3v) is 4.39. The van der Waals surface area contributed by atoms with Crippen molar-refractivity contribution in [2.75, 3.05) is 50.7 Å². The summed E-state index contributed by atoms with van der Waals surface area (Å²) in [5.74, 6) is 0.